The van der Waals surface area contributed by atoms with E-state index in [9.17, 15) is 27.4 Å². The lowest BCUT2D eigenvalue weighted by molar-refractivity contribution is -0.700. The highest BCUT2D eigenvalue weighted by atomic mass is 19.5. The monoisotopic (exact) mass is 284 g/mol. The summed E-state index contributed by atoms with van der Waals surface area (Å²) in [7, 11) is -6.00. The Hall–Kier alpha value is -1.87. The van der Waals surface area contributed by atoms with Crippen LogP contribution in [0.15, 0.2) is 18.3 Å². The van der Waals surface area contributed by atoms with Gasteiger partial charge in [0.25, 0.3) is 0 Å². The minimum absolute atomic E-state index is 0.0790. The molecule has 0 N–H and O–H groups in total. The first kappa shape index (κ1) is 17.1. The van der Waals surface area contributed by atoms with Crippen LogP contribution in [0.1, 0.15) is 13.8 Å². The third-order valence-corrected chi connectivity index (χ3v) is 1.81. The normalized spacial score (nSPS) is 10.4. The van der Waals surface area contributed by atoms with E-state index in [1.807, 2.05) is 13.8 Å². The van der Waals surface area contributed by atoms with Gasteiger partial charge in [0.1, 0.15) is 6.54 Å². The molecule has 0 saturated carbocycles. The van der Waals surface area contributed by atoms with Crippen LogP contribution < -0.4 is 9.30 Å². The molecule has 1 aromatic heterocycles. The largest absolute Gasteiger partial charge is 0.673 e. The van der Waals surface area contributed by atoms with Crippen molar-refractivity contribution in [3.8, 4) is 5.88 Å². The van der Waals surface area contributed by atoms with Crippen LogP contribution in [0.5, 0.6) is 5.88 Å². The van der Waals surface area contributed by atoms with Gasteiger partial charge in [-0.25, -0.2) is 0 Å². The summed E-state index contributed by atoms with van der Waals surface area (Å²) in [5.74, 6) is 0.653. The van der Waals surface area contributed by atoms with Crippen LogP contribution in [-0.4, -0.2) is 18.8 Å². The van der Waals surface area contributed by atoms with Crippen LogP contribution >= 0.6 is 0 Å². The maximum Gasteiger partial charge on any atom is 0.673 e. The maximum atomic E-state index is 10.5. The van der Waals surface area contributed by atoms with Crippen LogP contribution in [0.4, 0.5) is 23.0 Å². The van der Waals surface area contributed by atoms with Crippen molar-refractivity contribution in [2.24, 2.45) is 0 Å². The summed E-state index contributed by atoms with van der Waals surface area (Å²) in [4.78, 5) is 10.1. The first-order chi connectivity index (χ1) is 8.69. The predicted molar refractivity (Wildman–Crippen MR) is 60.3 cm³/mol. The van der Waals surface area contributed by atoms with Gasteiger partial charge >= 0.3 is 18.8 Å². The molecular formula is C9H13BF4N2O3. The number of aryl methyl sites for hydroxylation is 1. The van der Waals surface area contributed by atoms with Crippen LogP contribution in [0, 0.1) is 10.1 Å². The molecule has 0 aromatic carbocycles. The number of nitrogens with zero attached hydrogens (tertiary/aromatic N) is 2. The van der Waals surface area contributed by atoms with Gasteiger partial charge in [-0.3, -0.25) is 10.1 Å². The summed E-state index contributed by atoms with van der Waals surface area (Å²) >= 11 is 0. The third kappa shape index (κ3) is 7.95. The molecule has 0 bridgehead atoms. The second kappa shape index (κ2) is 7.54. The second-order valence-corrected chi connectivity index (χ2v) is 3.20. The fourth-order valence-corrected chi connectivity index (χ4v) is 1.15. The van der Waals surface area contributed by atoms with Crippen LogP contribution in [0.3, 0.4) is 0 Å². The van der Waals surface area contributed by atoms with Gasteiger partial charge < -0.3 is 22.0 Å². The maximum absolute atomic E-state index is 10.5. The molecular weight excluding hydrogens is 271 g/mol. The molecule has 0 amide bonds. The summed E-state index contributed by atoms with van der Waals surface area (Å²) in [5, 5.41) is 10.5. The lowest BCUT2D eigenvalue weighted by Crippen LogP contribution is -2.34. The molecule has 0 aliphatic carbocycles. The van der Waals surface area contributed by atoms with Crippen molar-refractivity contribution >= 4 is 12.9 Å². The molecule has 108 valence electrons. The number of ether oxygens (including phenoxy) is 1. The fraction of sp³-hybridized carbons (Fsp3) is 0.444. The van der Waals surface area contributed by atoms with Gasteiger partial charge in [0.15, 0.2) is 0 Å². The lowest BCUT2D eigenvalue weighted by Gasteiger charge is -2.01. The number of rotatable bonds is 4. The third-order valence-electron chi connectivity index (χ3n) is 1.81. The molecule has 1 rings (SSSR count). The van der Waals surface area contributed by atoms with Gasteiger partial charge in [-0.2, -0.15) is 4.57 Å². The summed E-state index contributed by atoms with van der Waals surface area (Å²) in [6.45, 7) is 4.99. The summed E-state index contributed by atoms with van der Waals surface area (Å²) in [6.07, 6.45) is 1.48. The quantitative estimate of drug-likeness (QED) is 0.281. The van der Waals surface area contributed by atoms with E-state index in [1.165, 1.54) is 12.3 Å². The number of pyridine rings is 1. The standard InChI is InChI=1S/C9H13N2O3.BF4/c1-3-10-7-8(11(12)13)5-6-9(10)14-4-2;2-1(3,4)5/h5-7H,3-4H2,1-2H3;/q+1;-1. The Labute approximate surface area is 107 Å². The SMILES string of the molecule is CCOc1ccc([N+](=O)[O-])c[n+]1CC.F[B-](F)(F)F. The van der Waals surface area contributed by atoms with E-state index in [1.54, 1.807) is 10.6 Å². The molecule has 0 fully saturated rings. The lowest BCUT2D eigenvalue weighted by atomic mass is 10.3. The zero-order valence-electron chi connectivity index (χ0n) is 10.4. The van der Waals surface area contributed by atoms with Crippen molar-refractivity contribution in [1.82, 2.24) is 0 Å². The number of hydrogen-bond donors (Lipinski definition) is 0. The van der Waals surface area contributed by atoms with Gasteiger partial charge in [0, 0.05) is 6.07 Å². The van der Waals surface area contributed by atoms with Gasteiger partial charge in [0.05, 0.1) is 17.6 Å². The predicted octanol–water partition coefficient (Wildman–Crippen LogP) is 2.60. The van der Waals surface area contributed by atoms with Crippen molar-refractivity contribution < 1.29 is 31.5 Å². The Balaban J connectivity index is 0.000000555. The Morgan fingerprint density at radius 3 is 2.21 bits per heavy atom. The number of nitro groups is 1. The average Bonchev–Trinajstić information content (AvgIpc) is 2.27. The minimum Gasteiger partial charge on any atom is -0.445 e. The van der Waals surface area contributed by atoms with Crippen molar-refractivity contribution in [2.45, 2.75) is 20.4 Å². The molecule has 1 heterocycles. The molecule has 5 nitrogen and oxygen atoms in total. The van der Waals surface area contributed by atoms with Crippen molar-refractivity contribution in [3.63, 3.8) is 0 Å². The van der Waals surface area contributed by atoms with Gasteiger partial charge in [-0.15, -0.1) is 0 Å². The summed E-state index contributed by atoms with van der Waals surface area (Å²) in [6, 6.07) is 3.06. The van der Waals surface area contributed by atoms with E-state index in [-0.39, 0.29) is 5.69 Å². The smallest absolute Gasteiger partial charge is 0.445 e. The number of aromatic nitrogens is 1. The highest BCUT2D eigenvalue weighted by Crippen LogP contribution is 2.11. The highest BCUT2D eigenvalue weighted by Gasteiger charge is 2.20. The average molecular weight is 284 g/mol. The summed E-state index contributed by atoms with van der Waals surface area (Å²) in [5.41, 5.74) is 0.0790. The molecule has 0 aliphatic heterocycles. The van der Waals surface area contributed by atoms with Crippen LogP contribution in [-0.2, 0) is 6.54 Å². The van der Waals surface area contributed by atoms with E-state index in [4.69, 9.17) is 4.74 Å². The Morgan fingerprint density at radius 2 is 1.84 bits per heavy atom. The Morgan fingerprint density at radius 1 is 1.32 bits per heavy atom. The first-order valence-electron chi connectivity index (χ1n) is 5.37. The minimum atomic E-state index is -6.00. The van der Waals surface area contributed by atoms with Gasteiger partial charge in [0.2, 0.25) is 6.20 Å². The molecule has 19 heavy (non-hydrogen) atoms. The van der Waals surface area contributed by atoms with Crippen molar-refractivity contribution in [1.29, 1.82) is 0 Å². The molecule has 0 aliphatic rings. The Kier molecular flexibility index (Phi) is 6.80. The fourth-order valence-electron chi connectivity index (χ4n) is 1.15. The van der Waals surface area contributed by atoms with Crippen molar-refractivity contribution in [2.75, 3.05) is 6.61 Å². The van der Waals surface area contributed by atoms with E-state index >= 15 is 0 Å². The van der Waals surface area contributed by atoms with Gasteiger partial charge in [-0.05, 0) is 13.8 Å². The number of hydrogen-bond acceptors (Lipinski definition) is 3. The van der Waals surface area contributed by atoms with E-state index in [0.717, 1.165) is 0 Å². The van der Waals surface area contributed by atoms with E-state index in [0.29, 0.717) is 19.0 Å². The van der Waals surface area contributed by atoms with E-state index < -0.39 is 12.2 Å². The Bertz CT molecular complexity index is 422. The van der Waals surface area contributed by atoms with E-state index in [2.05, 4.69) is 0 Å². The second-order valence-electron chi connectivity index (χ2n) is 3.20. The molecule has 1 aromatic rings. The molecule has 0 spiro atoms. The topological polar surface area (TPSA) is 56.3 Å². The molecule has 0 unspecified atom stereocenters. The highest BCUT2D eigenvalue weighted by molar-refractivity contribution is 6.50. The molecule has 10 heteroatoms. The molecule has 0 atom stereocenters. The van der Waals surface area contributed by atoms with Crippen LogP contribution in [0.25, 0.3) is 0 Å². The summed E-state index contributed by atoms with van der Waals surface area (Å²) < 4.78 is 46.0. The van der Waals surface area contributed by atoms with Crippen LogP contribution in [0.2, 0.25) is 0 Å². The first-order valence-corrected chi connectivity index (χ1v) is 5.37. The number of halogens is 4. The molecule has 0 saturated heterocycles. The molecule has 0 radical (unpaired) electrons. The van der Waals surface area contributed by atoms with Crippen molar-refractivity contribution in [3.05, 3.63) is 28.4 Å². The zero-order chi connectivity index (χ0) is 15.1. The van der Waals surface area contributed by atoms with Gasteiger partial charge in [-0.1, -0.05) is 0 Å². The zero-order valence-corrected chi connectivity index (χ0v) is 10.4.